The van der Waals surface area contributed by atoms with Crippen LogP contribution in [0.1, 0.15) is 15.7 Å². The van der Waals surface area contributed by atoms with Crippen molar-refractivity contribution in [2.45, 2.75) is 18.4 Å². The summed E-state index contributed by atoms with van der Waals surface area (Å²) in [7, 11) is 0. The number of carboxylic acid groups (broad SMARTS) is 3. The van der Waals surface area contributed by atoms with Gasteiger partial charge in [-0.25, -0.2) is 14.4 Å². The van der Waals surface area contributed by atoms with Crippen LogP contribution in [-0.2, 0) is 28.7 Å². The summed E-state index contributed by atoms with van der Waals surface area (Å²) in [6.45, 7) is 0. The molecule has 10 nitrogen and oxygen atoms in total. The van der Waals surface area contributed by atoms with Crippen molar-refractivity contribution in [2.24, 2.45) is 0 Å². The van der Waals surface area contributed by atoms with Gasteiger partial charge >= 0.3 is 89.0 Å². The SMILES string of the molecule is O=C(O)CC(O)(CC(=O)OC(=O)C(=O)O)C(=O)O.[H-].[H-].[Na+].[Na+]. The molecule has 0 radical (unpaired) electrons. The summed E-state index contributed by atoms with van der Waals surface area (Å²) in [4.78, 5) is 52.3. The smallest absolute Gasteiger partial charge is 1.00 e. The Balaban J connectivity index is -0.000000241. The fourth-order valence-electron chi connectivity index (χ4n) is 0.886. The molecule has 0 saturated heterocycles. The predicted molar refractivity (Wildman–Crippen MR) is 50.4 cm³/mol. The second-order valence-corrected chi connectivity index (χ2v) is 3.15. The third kappa shape index (κ3) is 8.64. The zero-order valence-corrected chi connectivity index (χ0v) is 14.7. The first kappa shape index (κ1) is 24.5. The van der Waals surface area contributed by atoms with Gasteiger partial charge in [0.05, 0.1) is 12.8 Å². The molecule has 0 aromatic carbocycles. The van der Waals surface area contributed by atoms with Crippen LogP contribution in [0.5, 0.6) is 0 Å². The molecule has 0 aliphatic rings. The van der Waals surface area contributed by atoms with Crippen LogP contribution in [0, 0.1) is 0 Å². The third-order valence-corrected chi connectivity index (χ3v) is 1.66. The standard InChI is InChI=1S/C8H8O10.2Na.2H/c9-3(10)1-8(17,7(15)16)2-4(11)18-6(14)5(12)13;;;;/h17H,1-2H2,(H,9,10)(H,12,13)(H,15,16);;;;/q;2*+1;2*-1. The van der Waals surface area contributed by atoms with Crippen molar-refractivity contribution < 1.29 is 111 Å². The van der Waals surface area contributed by atoms with Gasteiger partial charge in [-0.15, -0.1) is 0 Å². The minimum atomic E-state index is -2.98. The molecule has 0 aliphatic carbocycles. The summed E-state index contributed by atoms with van der Waals surface area (Å²) in [5.41, 5.74) is -2.98. The molecule has 0 aromatic heterocycles. The van der Waals surface area contributed by atoms with Crippen molar-refractivity contribution in [1.82, 2.24) is 0 Å². The maximum atomic E-state index is 10.9. The van der Waals surface area contributed by atoms with Gasteiger partial charge in [0.2, 0.25) is 0 Å². The maximum Gasteiger partial charge on any atom is 1.00 e. The van der Waals surface area contributed by atoms with E-state index in [-0.39, 0.29) is 62.0 Å². The summed E-state index contributed by atoms with van der Waals surface area (Å²) >= 11 is 0. The molecule has 1 atom stereocenters. The quantitative estimate of drug-likeness (QED) is 0.165. The van der Waals surface area contributed by atoms with Gasteiger partial charge in [0.1, 0.15) is 0 Å². The summed E-state index contributed by atoms with van der Waals surface area (Å²) in [6, 6.07) is 0. The van der Waals surface area contributed by atoms with Gasteiger partial charge in [0, 0.05) is 0 Å². The van der Waals surface area contributed by atoms with Crippen molar-refractivity contribution in [3.8, 4) is 0 Å². The largest absolute Gasteiger partial charge is 1.00 e. The fourth-order valence-corrected chi connectivity index (χ4v) is 0.886. The second kappa shape index (κ2) is 10.3. The van der Waals surface area contributed by atoms with E-state index in [2.05, 4.69) is 4.74 Å². The minimum Gasteiger partial charge on any atom is -1.00 e. The first-order chi connectivity index (χ1) is 8.08. The van der Waals surface area contributed by atoms with E-state index < -0.39 is 48.3 Å². The number of hydrogen-bond donors (Lipinski definition) is 4. The number of carbonyl (C=O) groups excluding carboxylic acids is 2. The molecule has 0 bridgehead atoms. The topological polar surface area (TPSA) is 175 Å². The molecular formula is C8H10Na2O10. The number of rotatable bonds is 5. The van der Waals surface area contributed by atoms with Gasteiger partial charge < -0.3 is 28.0 Å². The summed E-state index contributed by atoms with van der Waals surface area (Å²) in [5.74, 6) is -9.47. The molecule has 1 unspecified atom stereocenters. The second-order valence-electron chi connectivity index (χ2n) is 3.15. The molecule has 0 spiro atoms. The molecule has 20 heavy (non-hydrogen) atoms. The summed E-state index contributed by atoms with van der Waals surface area (Å²) in [5, 5.41) is 34.3. The molecule has 0 heterocycles. The van der Waals surface area contributed by atoms with Crippen molar-refractivity contribution in [1.29, 1.82) is 0 Å². The van der Waals surface area contributed by atoms with Crippen molar-refractivity contribution in [3.63, 3.8) is 0 Å². The van der Waals surface area contributed by atoms with E-state index in [1.54, 1.807) is 0 Å². The molecule has 4 N–H and O–H groups in total. The predicted octanol–water partition coefficient (Wildman–Crippen LogP) is -7.95. The Morgan fingerprint density at radius 2 is 1.40 bits per heavy atom. The molecular weight excluding hydrogens is 302 g/mol. The third-order valence-electron chi connectivity index (χ3n) is 1.66. The molecule has 0 saturated carbocycles. The number of aliphatic hydroxyl groups is 1. The summed E-state index contributed by atoms with van der Waals surface area (Å²) in [6.07, 6.45) is -2.70. The average Bonchev–Trinajstić information content (AvgIpc) is 2.14. The Morgan fingerprint density at radius 1 is 0.950 bits per heavy atom. The van der Waals surface area contributed by atoms with Crippen LogP contribution < -0.4 is 59.1 Å². The molecule has 0 aliphatic heterocycles. The number of hydrogen-bond acceptors (Lipinski definition) is 7. The molecule has 104 valence electrons. The molecule has 0 aromatic rings. The van der Waals surface area contributed by atoms with E-state index >= 15 is 0 Å². The zero-order chi connectivity index (χ0) is 14.5. The van der Waals surface area contributed by atoms with E-state index in [0.29, 0.717) is 0 Å². The van der Waals surface area contributed by atoms with Crippen molar-refractivity contribution in [2.75, 3.05) is 0 Å². The minimum absolute atomic E-state index is 0. The molecule has 0 fully saturated rings. The maximum absolute atomic E-state index is 10.9. The Labute approximate surface area is 158 Å². The van der Waals surface area contributed by atoms with Crippen LogP contribution in [0.25, 0.3) is 0 Å². The first-order valence-electron chi connectivity index (χ1n) is 4.24. The number of esters is 2. The van der Waals surface area contributed by atoms with E-state index in [0.717, 1.165) is 0 Å². The average molecular weight is 312 g/mol. The van der Waals surface area contributed by atoms with E-state index in [1.807, 2.05) is 0 Å². The number of carboxylic acids is 3. The van der Waals surface area contributed by atoms with E-state index in [1.165, 1.54) is 0 Å². The monoisotopic (exact) mass is 312 g/mol. The van der Waals surface area contributed by atoms with Gasteiger partial charge in [0.25, 0.3) is 0 Å². The number of ether oxygens (including phenoxy) is 1. The Morgan fingerprint density at radius 3 is 1.70 bits per heavy atom. The van der Waals surface area contributed by atoms with Gasteiger partial charge in [-0.2, -0.15) is 0 Å². The van der Waals surface area contributed by atoms with Crippen molar-refractivity contribution >= 4 is 29.8 Å². The Hall–Kier alpha value is -0.490. The van der Waals surface area contributed by atoms with E-state index in [4.69, 9.17) is 15.3 Å². The van der Waals surface area contributed by atoms with Gasteiger partial charge in [-0.1, -0.05) is 0 Å². The van der Waals surface area contributed by atoms with Crippen LogP contribution in [0.15, 0.2) is 0 Å². The Bertz CT molecular complexity index is 429. The van der Waals surface area contributed by atoms with Crippen LogP contribution in [-0.4, -0.2) is 55.9 Å². The van der Waals surface area contributed by atoms with Gasteiger partial charge in [0.15, 0.2) is 5.60 Å². The normalized spacial score (nSPS) is 11.8. The molecule has 12 heteroatoms. The number of carbonyl (C=O) groups is 5. The van der Waals surface area contributed by atoms with Crippen LogP contribution >= 0.6 is 0 Å². The van der Waals surface area contributed by atoms with Gasteiger partial charge in [-0.3, -0.25) is 9.59 Å². The van der Waals surface area contributed by atoms with Crippen LogP contribution in [0.4, 0.5) is 0 Å². The zero-order valence-electron chi connectivity index (χ0n) is 12.7. The summed E-state index contributed by atoms with van der Waals surface area (Å²) < 4.78 is 3.65. The Kier molecular flexibility index (Phi) is 12.6. The van der Waals surface area contributed by atoms with Crippen LogP contribution in [0.2, 0.25) is 0 Å². The van der Waals surface area contributed by atoms with Crippen molar-refractivity contribution in [3.05, 3.63) is 0 Å². The molecule has 0 amide bonds. The van der Waals surface area contributed by atoms with E-state index in [9.17, 15) is 29.1 Å². The number of aliphatic carboxylic acids is 3. The molecule has 0 rings (SSSR count). The van der Waals surface area contributed by atoms with Crippen LogP contribution in [0.3, 0.4) is 0 Å². The van der Waals surface area contributed by atoms with Gasteiger partial charge in [-0.05, 0) is 0 Å². The first-order valence-corrected chi connectivity index (χ1v) is 4.24. The fraction of sp³-hybridized carbons (Fsp3) is 0.375.